The first kappa shape index (κ1) is 17.9. The summed E-state index contributed by atoms with van der Waals surface area (Å²) < 4.78 is 17.4. The Morgan fingerprint density at radius 1 is 1.28 bits per heavy atom. The quantitative estimate of drug-likeness (QED) is 0.423. The summed E-state index contributed by atoms with van der Waals surface area (Å²) in [7, 11) is 0. The van der Waals surface area contributed by atoms with Gasteiger partial charge in [0, 0.05) is 26.0 Å². The smallest absolute Gasteiger partial charge is 0.308 e. The summed E-state index contributed by atoms with van der Waals surface area (Å²) >= 11 is 0. The molecule has 0 N–H and O–H groups in total. The summed E-state index contributed by atoms with van der Waals surface area (Å²) in [6.45, 7) is 3.00. The highest BCUT2D eigenvalue weighted by Crippen LogP contribution is 2.64. The molecule has 1 aromatic carbocycles. The summed E-state index contributed by atoms with van der Waals surface area (Å²) in [6, 6.07) is 3.00. The first-order chi connectivity index (χ1) is 13.8. The van der Waals surface area contributed by atoms with E-state index in [1.54, 1.807) is 17.0 Å². The van der Waals surface area contributed by atoms with Crippen LogP contribution in [0.3, 0.4) is 0 Å². The number of likely N-dealkylation sites (tertiary alicyclic amines) is 1. The van der Waals surface area contributed by atoms with Gasteiger partial charge in [0.05, 0.1) is 11.5 Å². The average molecular weight is 397 g/mol. The van der Waals surface area contributed by atoms with E-state index < -0.39 is 35.1 Å². The molecule has 4 atom stereocenters. The zero-order valence-electron chi connectivity index (χ0n) is 16.0. The van der Waals surface area contributed by atoms with Crippen molar-refractivity contribution in [2.75, 3.05) is 6.54 Å². The van der Waals surface area contributed by atoms with Crippen LogP contribution < -0.4 is 9.47 Å². The molecule has 1 fully saturated rings. The Morgan fingerprint density at radius 3 is 2.76 bits per heavy atom. The Hall–Kier alpha value is -3.16. The van der Waals surface area contributed by atoms with Crippen LogP contribution >= 0.6 is 0 Å². The molecule has 5 rings (SSSR count). The first-order valence-corrected chi connectivity index (χ1v) is 9.49. The minimum atomic E-state index is -1.23. The molecule has 0 aromatic heterocycles. The first-order valence-electron chi connectivity index (χ1n) is 9.49. The van der Waals surface area contributed by atoms with Crippen molar-refractivity contribution < 1.29 is 33.4 Å². The fourth-order valence-corrected chi connectivity index (χ4v) is 5.71. The van der Waals surface area contributed by atoms with Crippen molar-refractivity contribution in [2.45, 2.75) is 49.9 Å². The van der Waals surface area contributed by atoms with Gasteiger partial charge in [-0.1, -0.05) is 6.07 Å². The minimum absolute atomic E-state index is 0.237. The fraction of sp³-hybridized carbons (Fsp3) is 0.429. The molecule has 2 aliphatic carbocycles. The highest BCUT2D eigenvalue weighted by Gasteiger charge is 2.74. The van der Waals surface area contributed by atoms with Gasteiger partial charge in [-0.25, -0.2) is 0 Å². The number of carbonyl (C=O) groups excluding carboxylic acids is 4. The Kier molecular flexibility index (Phi) is 3.51. The number of amides is 1. The van der Waals surface area contributed by atoms with E-state index in [1.165, 1.54) is 19.9 Å². The molecule has 2 heterocycles. The van der Waals surface area contributed by atoms with Gasteiger partial charge in [0.25, 0.3) is 0 Å². The molecule has 2 bridgehead atoms. The lowest BCUT2D eigenvalue weighted by Gasteiger charge is -2.61. The maximum atomic E-state index is 12.9. The molecule has 29 heavy (non-hydrogen) atoms. The van der Waals surface area contributed by atoms with Crippen LogP contribution in [0.5, 0.6) is 11.5 Å². The summed E-state index contributed by atoms with van der Waals surface area (Å²) in [5, 5.41) is 0. The maximum absolute atomic E-state index is 12.9. The molecule has 1 spiro atoms. The monoisotopic (exact) mass is 397 g/mol. The van der Waals surface area contributed by atoms with Crippen molar-refractivity contribution >= 4 is 24.1 Å². The second kappa shape index (κ2) is 5.68. The zero-order valence-corrected chi connectivity index (χ0v) is 16.0. The van der Waals surface area contributed by atoms with Gasteiger partial charge in [-0.3, -0.25) is 19.2 Å². The summed E-state index contributed by atoms with van der Waals surface area (Å²) in [6.07, 6.45) is 3.62. The van der Waals surface area contributed by atoms with Crippen LogP contribution in [0, 0.1) is 0 Å². The molecule has 1 saturated heterocycles. The molecular weight excluding hydrogens is 378 g/mol. The number of esters is 2. The Labute approximate surface area is 166 Å². The minimum Gasteiger partial charge on any atom is -0.477 e. The fourth-order valence-electron chi connectivity index (χ4n) is 5.71. The summed E-state index contributed by atoms with van der Waals surface area (Å²) in [5.74, 6) is -0.677. The second-order valence-corrected chi connectivity index (χ2v) is 7.93. The molecular formula is C21H19NO7. The summed E-state index contributed by atoms with van der Waals surface area (Å²) in [5.41, 5.74) is -0.583. The molecule has 1 aromatic rings. The molecule has 0 unspecified atom stereocenters. The lowest BCUT2D eigenvalue weighted by Crippen LogP contribution is -2.76. The number of carbonyl (C=O) groups is 4. The van der Waals surface area contributed by atoms with Crippen molar-refractivity contribution in [3.63, 3.8) is 0 Å². The molecule has 2 aliphatic heterocycles. The van der Waals surface area contributed by atoms with Crippen molar-refractivity contribution in [3.8, 4) is 11.5 Å². The highest BCUT2D eigenvalue weighted by molar-refractivity contribution is 5.99. The third kappa shape index (κ3) is 2.03. The lowest BCUT2D eigenvalue weighted by atomic mass is 9.50. The molecule has 0 radical (unpaired) electrons. The highest BCUT2D eigenvalue weighted by atomic mass is 16.6. The van der Waals surface area contributed by atoms with Gasteiger partial charge >= 0.3 is 11.9 Å². The number of rotatable bonds is 3. The van der Waals surface area contributed by atoms with Crippen molar-refractivity contribution in [1.29, 1.82) is 0 Å². The van der Waals surface area contributed by atoms with E-state index in [0.717, 1.165) is 17.5 Å². The Balaban J connectivity index is 1.83. The van der Waals surface area contributed by atoms with Gasteiger partial charge in [0.15, 0.2) is 29.0 Å². The average Bonchev–Trinajstić information content (AvgIpc) is 3.00. The third-order valence-electron chi connectivity index (χ3n) is 6.56. The van der Waals surface area contributed by atoms with E-state index >= 15 is 0 Å². The topological polar surface area (TPSA) is 99.2 Å². The van der Waals surface area contributed by atoms with Gasteiger partial charge in [-0.2, -0.15) is 0 Å². The standard InChI is InChI=1S/C21H19NO7/c1-11(24)27-15-4-3-13-9-16-21(29-12(2)25)6-5-14(26)19-20(21,7-8-22(16)10-23)17(13)18(15)28-19/h3-6,10,16,19H,7-9H2,1-2H3/t16-,19+,20+,21-/m1/s1. The number of ether oxygens (including phenoxy) is 3. The SMILES string of the molecule is CC(=O)Oc1ccc2c3c1O[C@H]1C(=O)C=C[C@@]4(OC(C)=O)[C@@H](C2)N(C=O)CC[C@]314. The van der Waals surface area contributed by atoms with E-state index in [-0.39, 0.29) is 11.5 Å². The third-order valence-corrected chi connectivity index (χ3v) is 6.56. The number of hydrogen-bond donors (Lipinski definition) is 0. The van der Waals surface area contributed by atoms with Gasteiger partial charge < -0.3 is 19.1 Å². The van der Waals surface area contributed by atoms with Crippen LogP contribution in [0.4, 0.5) is 0 Å². The number of hydrogen-bond acceptors (Lipinski definition) is 7. The van der Waals surface area contributed by atoms with E-state index in [2.05, 4.69) is 0 Å². The van der Waals surface area contributed by atoms with Crippen molar-refractivity contribution in [2.24, 2.45) is 0 Å². The van der Waals surface area contributed by atoms with Gasteiger partial charge in [-0.15, -0.1) is 0 Å². The molecule has 0 saturated carbocycles. The van der Waals surface area contributed by atoms with Gasteiger partial charge in [-0.05, 0) is 36.6 Å². The van der Waals surface area contributed by atoms with Crippen LogP contribution in [0.25, 0.3) is 0 Å². The zero-order chi connectivity index (χ0) is 20.6. The normalized spacial score (nSPS) is 32.9. The number of nitrogens with zero attached hydrogens (tertiary/aromatic N) is 1. The number of piperidine rings is 1. The maximum Gasteiger partial charge on any atom is 0.308 e. The van der Waals surface area contributed by atoms with Crippen LogP contribution in [-0.2, 0) is 35.8 Å². The van der Waals surface area contributed by atoms with Gasteiger partial charge in [0.1, 0.15) is 0 Å². The van der Waals surface area contributed by atoms with Crippen molar-refractivity contribution in [1.82, 2.24) is 4.90 Å². The van der Waals surface area contributed by atoms with Crippen LogP contribution in [-0.4, -0.2) is 53.3 Å². The van der Waals surface area contributed by atoms with Gasteiger partial charge in [0.2, 0.25) is 6.41 Å². The van der Waals surface area contributed by atoms with Crippen LogP contribution in [0.15, 0.2) is 24.3 Å². The van der Waals surface area contributed by atoms with E-state index in [1.807, 2.05) is 6.07 Å². The van der Waals surface area contributed by atoms with E-state index in [4.69, 9.17) is 14.2 Å². The predicted molar refractivity (Wildman–Crippen MR) is 97.4 cm³/mol. The van der Waals surface area contributed by atoms with Crippen molar-refractivity contribution in [3.05, 3.63) is 35.4 Å². The number of ketones is 1. The van der Waals surface area contributed by atoms with Crippen LogP contribution in [0.1, 0.15) is 31.4 Å². The molecule has 4 aliphatic rings. The van der Waals surface area contributed by atoms with Crippen LogP contribution in [0.2, 0.25) is 0 Å². The van der Waals surface area contributed by atoms with E-state index in [0.29, 0.717) is 25.1 Å². The second-order valence-electron chi connectivity index (χ2n) is 7.93. The molecule has 1 amide bonds. The Bertz CT molecular complexity index is 1010. The van der Waals surface area contributed by atoms with E-state index in [9.17, 15) is 19.2 Å². The Morgan fingerprint density at radius 2 is 2.07 bits per heavy atom. The molecule has 150 valence electrons. The predicted octanol–water partition coefficient (Wildman–Crippen LogP) is 0.838. The summed E-state index contributed by atoms with van der Waals surface area (Å²) in [4.78, 5) is 50.1. The lowest BCUT2D eigenvalue weighted by molar-refractivity contribution is -0.190. The molecule has 8 nitrogen and oxygen atoms in total. The molecule has 8 heteroatoms. The number of benzene rings is 1. The largest absolute Gasteiger partial charge is 0.477 e.